The molecule has 34 heavy (non-hydrogen) atoms. The molecule has 3 rings (SSSR count). The summed E-state index contributed by atoms with van der Waals surface area (Å²) in [5.41, 5.74) is 4.81. The van der Waals surface area contributed by atoms with Crippen molar-refractivity contribution in [3.63, 3.8) is 0 Å². The number of ether oxygens (including phenoxy) is 1. The average Bonchev–Trinajstić information content (AvgIpc) is 2.79. The molecule has 0 atom stereocenters. The predicted octanol–water partition coefficient (Wildman–Crippen LogP) is 5.25. The van der Waals surface area contributed by atoms with Crippen LogP contribution in [-0.2, 0) is 4.74 Å². The van der Waals surface area contributed by atoms with E-state index in [1.54, 1.807) is 30.7 Å². The van der Waals surface area contributed by atoms with Gasteiger partial charge in [0.05, 0.1) is 24.7 Å². The number of nitrogens with zero attached hydrogens (tertiary/aromatic N) is 3. The SMILES string of the molecule is COC(=O)Nc1cc(-c2cc(-c3cc(NC(=O)NCCC(C)(C)C)cnc3C)ccn2)ccn1. The maximum absolute atomic E-state index is 12.3. The third kappa shape index (κ3) is 6.99. The molecule has 3 N–H and O–H groups in total. The highest BCUT2D eigenvalue weighted by Gasteiger charge is 2.12. The summed E-state index contributed by atoms with van der Waals surface area (Å²) in [6.07, 6.45) is 5.21. The number of carbonyl (C=O) groups excluding carboxylic acids is 2. The van der Waals surface area contributed by atoms with E-state index in [0.717, 1.165) is 28.8 Å². The lowest BCUT2D eigenvalue weighted by atomic mass is 9.92. The smallest absolute Gasteiger partial charge is 0.412 e. The van der Waals surface area contributed by atoms with Crippen molar-refractivity contribution in [3.05, 3.63) is 54.6 Å². The molecule has 0 fully saturated rings. The maximum Gasteiger partial charge on any atom is 0.412 e. The number of aryl methyl sites for hydroxylation is 1. The minimum atomic E-state index is -0.597. The van der Waals surface area contributed by atoms with E-state index in [0.29, 0.717) is 23.7 Å². The van der Waals surface area contributed by atoms with Crippen molar-refractivity contribution in [1.29, 1.82) is 0 Å². The second-order valence-electron chi connectivity index (χ2n) is 9.02. The number of methoxy groups -OCH3 is 1. The fraction of sp³-hybridized carbons (Fsp3) is 0.320. The third-order valence-electron chi connectivity index (χ3n) is 5.05. The summed E-state index contributed by atoms with van der Waals surface area (Å²) in [5.74, 6) is 0.359. The van der Waals surface area contributed by atoms with Crippen LogP contribution in [0.15, 0.2) is 48.9 Å². The van der Waals surface area contributed by atoms with Crippen LogP contribution in [0.2, 0.25) is 0 Å². The highest BCUT2D eigenvalue weighted by atomic mass is 16.5. The quantitative estimate of drug-likeness (QED) is 0.460. The van der Waals surface area contributed by atoms with Crippen LogP contribution in [0, 0.1) is 12.3 Å². The zero-order valence-electron chi connectivity index (χ0n) is 20.1. The van der Waals surface area contributed by atoms with Gasteiger partial charge in [-0.05, 0) is 54.7 Å². The predicted molar refractivity (Wildman–Crippen MR) is 133 cm³/mol. The number of nitrogens with one attached hydrogen (secondary N) is 3. The van der Waals surface area contributed by atoms with E-state index < -0.39 is 6.09 Å². The summed E-state index contributed by atoms with van der Waals surface area (Å²) in [7, 11) is 1.29. The first-order chi connectivity index (χ1) is 16.1. The molecular weight excluding hydrogens is 432 g/mol. The molecule has 178 valence electrons. The molecule has 0 bridgehead atoms. The van der Waals surface area contributed by atoms with E-state index in [9.17, 15) is 9.59 Å². The molecular formula is C25H30N6O3. The molecule has 3 amide bonds. The van der Waals surface area contributed by atoms with Gasteiger partial charge in [-0.15, -0.1) is 0 Å². The lowest BCUT2D eigenvalue weighted by Crippen LogP contribution is -2.31. The largest absolute Gasteiger partial charge is 0.453 e. The summed E-state index contributed by atoms with van der Waals surface area (Å²) in [4.78, 5) is 36.8. The van der Waals surface area contributed by atoms with Crippen LogP contribution < -0.4 is 16.0 Å². The monoisotopic (exact) mass is 462 g/mol. The molecule has 9 heteroatoms. The Labute approximate surface area is 199 Å². The van der Waals surface area contributed by atoms with Crippen LogP contribution >= 0.6 is 0 Å². The Bertz CT molecular complexity index is 1170. The van der Waals surface area contributed by atoms with Crippen molar-refractivity contribution in [1.82, 2.24) is 20.3 Å². The van der Waals surface area contributed by atoms with Crippen LogP contribution in [-0.4, -0.2) is 40.7 Å². The van der Waals surface area contributed by atoms with Crippen molar-refractivity contribution in [2.75, 3.05) is 24.3 Å². The van der Waals surface area contributed by atoms with Gasteiger partial charge in [-0.3, -0.25) is 15.3 Å². The molecule has 0 aromatic carbocycles. The molecule has 3 aromatic rings. The van der Waals surface area contributed by atoms with Crippen LogP contribution in [0.5, 0.6) is 0 Å². The number of hydrogen-bond acceptors (Lipinski definition) is 6. The fourth-order valence-electron chi connectivity index (χ4n) is 3.19. The Morgan fingerprint density at radius 1 is 0.971 bits per heavy atom. The van der Waals surface area contributed by atoms with Gasteiger partial charge in [0.15, 0.2) is 0 Å². The van der Waals surface area contributed by atoms with E-state index >= 15 is 0 Å². The number of amides is 3. The molecule has 0 spiro atoms. The van der Waals surface area contributed by atoms with Crippen LogP contribution in [0.25, 0.3) is 22.4 Å². The van der Waals surface area contributed by atoms with Crippen molar-refractivity contribution >= 4 is 23.6 Å². The van der Waals surface area contributed by atoms with E-state index in [2.05, 4.69) is 56.4 Å². The van der Waals surface area contributed by atoms with Crippen molar-refractivity contribution < 1.29 is 14.3 Å². The summed E-state index contributed by atoms with van der Waals surface area (Å²) in [6.45, 7) is 8.90. The molecule has 0 aliphatic rings. The fourth-order valence-corrected chi connectivity index (χ4v) is 3.19. The number of pyridine rings is 3. The summed E-state index contributed by atoms with van der Waals surface area (Å²) in [6, 6.07) is 8.96. The van der Waals surface area contributed by atoms with E-state index in [4.69, 9.17) is 0 Å². The van der Waals surface area contributed by atoms with Crippen LogP contribution in [0.1, 0.15) is 32.9 Å². The maximum atomic E-state index is 12.3. The van der Waals surface area contributed by atoms with Crippen LogP contribution in [0.3, 0.4) is 0 Å². The average molecular weight is 463 g/mol. The number of carbonyl (C=O) groups is 2. The second-order valence-corrected chi connectivity index (χ2v) is 9.02. The van der Waals surface area contributed by atoms with Gasteiger partial charge in [0.2, 0.25) is 0 Å². The number of rotatable bonds is 6. The minimum absolute atomic E-state index is 0.149. The van der Waals surface area contributed by atoms with Gasteiger partial charge in [0.25, 0.3) is 0 Å². The molecule has 0 radical (unpaired) electrons. The highest BCUT2D eigenvalue weighted by molar-refractivity contribution is 5.90. The normalized spacial score (nSPS) is 11.0. The Balaban J connectivity index is 1.79. The van der Waals surface area contributed by atoms with Crippen molar-refractivity contribution in [3.8, 4) is 22.4 Å². The number of anilines is 2. The van der Waals surface area contributed by atoms with E-state index in [1.807, 2.05) is 25.1 Å². The Hall–Kier alpha value is -4.01. The topological polar surface area (TPSA) is 118 Å². The number of urea groups is 1. The minimum Gasteiger partial charge on any atom is -0.453 e. The molecule has 3 aromatic heterocycles. The third-order valence-corrected chi connectivity index (χ3v) is 5.05. The summed E-state index contributed by atoms with van der Waals surface area (Å²) < 4.78 is 4.62. The standard InChI is InChI=1S/C25H30N6O3/c1-16-20(14-19(15-29-16)30-23(32)28-11-8-25(2,3)4)17-6-9-26-21(12-17)18-7-10-27-22(13-18)31-24(33)34-5/h6-7,9-10,12-15H,8,11H2,1-5H3,(H,27,31,33)(H2,28,30,32). The van der Waals surface area contributed by atoms with Crippen molar-refractivity contribution in [2.45, 2.75) is 34.1 Å². The lowest BCUT2D eigenvalue weighted by molar-refractivity contribution is 0.187. The second kappa shape index (κ2) is 10.7. The first-order valence-corrected chi connectivity index (χ1v) is 10.9. The first kappa shape index (κ1) is 24.6. The Kier molecular flexibility index (Phi) is 7.78. The molecule has 0 unspecified atom stereocenters. The molecule has 0 aliphatic heterocycles. The molecule has 3 heterocycles. The molecule has 9 nitrogen and oxygen atoms in total. The van der Waals surface area contributed by atoms with Gasteiger partial charge >= 0.3 is 12.1 Å². The summed E-state index contributed by atoms with van der Waals surface area (Å²) >= 11 is 0. The molecule has 0 aliphatic carbocycles. The van der Waals surface area contributed by atoms with Gasteiger partial charge < -0.3 is 15.4 Å². The van der Waals surface area contributed by atoms with E-state index in [1.165, 1.54) is 7.11 Å². The molecule has 0 saturated heterocycles. The Morgan fingerprint density at radius 3 is 2.44 bits per heavy atom. The summed E-state index contributed by atoms with van der Waals surface area (Å²) in [5, 5.41) is 8.29. The van der Waals surface area contributed by atoms with Gasteiger partial charge in [-0.1, -0.05) is 20.8 Å². The number of hydrogen-bond donors (Lipinski definition) is 3. The molecule has 0 saturated carbocycles. The number of aromatic nitrogens is 3. The van der Waals surface area contributed by atoms with Gasteiger partial charge in [0, 0.05) is 35.8 Å². The first-order valence-electron chi connectivity index (χ1n) is 10.9. The van der Waals surface area contributed by atoms with Crippen LogP contribution in [0.4, 0.5) is 21.1 Å². The van der Waals surface area contributed by atoms with Gasteiger partial charge in [-0.2, -0.15) is 0 Å². The highest BCUT2D eigenvalue weighted by Crippen LogP contribution is 2.28. The van der Waals surface area contributed by atoms with E-state index in [-0.39, 0.29) is 11.4 Å². The Morgan fingerprint density at radius 2 is 1.71 bits per heavy atom. The zero-order valence-corrected chi connectivity index (χ0v) is 20.1. The van der Waals surface area contributed by atoms with Crippen molar-refractivity contribution in [2.24, 2.45) is 5.41 Å². The van der Waals surface area contributed by atoms with Gasteiger partial charge in [0.1, 0.15) is 5.82 Å². The lowest BCUT2D eigenvalue weighted by Gasteiger charge is -2.18. The van der Waals surface area contributed by atoms with Gasteiger partial charge in [-0.25, -0.2) is 14.6 Å². The zero-order chi connectivity index (χ0) is 24.7.